The van der Waals surface area contributed by atoms with Gasteiger partial charge in [-0.25, -0.2) is 13.6 Å². The van der Waals surface area contributed by atoms with Crippen molar-refractivity contribution in [2.75, 3.05) is 26.3 Å². The molecule has 6 nitrogen and oxygen atoms in total. The van der Waals surface area contributed by atoms with E-state index < -0.39 is 25.0 Å². The molecule has 0 aliphatic heterocycles. The summed E-state index contributed by atoms with van der Waals surface area (Å²) >= 11 is 0. The summed E-state index contributed by atoms with van der Waals surface area (Å²) in [6.45, 7) is 1.39. The van der Waals surface area contributed by atoms with Crippen LogP contribution in [0.5, 0.6) is 0 Å². The van der Waals surface area contributed by atoms with Crippen LogP contribution in [0.3, 0.4) is 0 Å². The summed E-state index contributed by atoms with van der Waals surface area (Å²) in [5.41, 5.74) is 0. The van der Waals surface area contributed by atoms with Gasteiger partial charge in [0.2, 0.25) is 0 Å². The molecule has 0 radical (unpaired) electrons. The van der Waals surface area contributed by atoms with Crippen molar-refractivity contribution >= 4 is 12.0 Å². The zero-order valence-corrected chi connectivity index (χ0v) is 10.1. The van der Waals surface area contributed by atoms with Crippen LogP contribution in [-0.4, -0.2) is 49.8 Å². The SMILES string of the molecule is CC(CNC(=O)NCCOCC(F)F)CC(=O)O. The molecule has 3 N–H and O–H groups in total. The number of carboxylic acids is 1. The van der Waals surface area contributed by atoms with E-state index in [2.05, 4.69) is 15.4 Å². The number of hydrogen-bond acceptors (Lipinski definition) is 3. The molecule has 18 heavy (non-hydrogen) atoms. The highest BCUT2D eigenvalue weighted by Crippen LogP contribution is 1.98. The highest BCUT2D eigenvalue weighted by molar-refractivity contribution is 5.73. The third-order valence-corrected chi connectivity index (χ3v) is 1.91. The lowest BCUT2D eigenvalue weighted by Crippen LogP contribution is -2.39. The van der Waals surface area contributed by atoms with Gasteiger partial charge in [0, 0.05) is 19.5 Å². The number of carboxylic acid groups (broad SMARTS) is 1. The van der Waals surface area contributed by atoms with Gasteiger partial charge >= 0.3 is 12.0 Å². The van der Waals surface area contributed by atoms with Gasteiger partial charge in [-0.05, 0) is 5.92 Å². The Kier molecular flexibility index (Phi) is 8.81. The Morgan fingerprint density at radius 1 is 1.33 bits per heavy atom. The standard InChI is InChI=1S/C10H18F2N2O4/c1-7(4-9(15)16)5-14-10(17)13-2-3-18-6-8(11)12/h7-8H,2-6H2,1H3,(H,15,16)(H2,13,14,17). The number of halogens is 2. The van der Waals surface area contributed by atoms with Crippen molar-refractivity contribution in [2.45, 2.75) is 19.8 Å². The van der Waals surface area contributed by atoms with E-state index in [0.29, 0.717) is 0 Å². The fourth-order valence-electron chi connectivity index (χ4n) is 1.11. The van der Waals surface area contributed by atoms with Crippen LogP contribution in [0.4, 0.5) is 13.6 Å². The second-order valence-corrected chi connectivity index (χ2v) is 3.81. The van der Waals surface area contributed by atoms with E-state index >= 15 is 0 Å². The lowest BCUT2D eigenvalue weighted by Gasteiger charge is -2.11. The molecule has 0 rings (SSSR count). The van der Waals surface area contributed by atoms with Gasteiger partial charge in [0.15, 0.2) is 0 Å². The average molecular weight is 268 g/mol. The zero-order valence-electron chi connectivity index (χ0n) is 10.1. The number of hydrogen-bond donors (Lipinski definition) is 3. The lowest BCUT2D eigenvalue weighted by molar-refractivity contribution is -0.137. The van der Waals surface area contributed by atoms with E-state index in [-0.39, 0.29) is 32.0 Å². The highest BCUT2D eigenvalue weighted by atomic mass is 19.3. The molecule has 0 aromatic heterocycles. The molecule has 0 aromatic carbocycles. The molecular weight excluding hydrogens is 250 g/mol. The number of carbonyl (C=O) groups excluding carboxylic acids is 1. The van der Waals surface area contributed by atoms with E-state index in [4.69, 9.17) is 5.11 Å². The topological polar surface area (TPSA) is 87.7 Å². The Morgan fingerprint density at radius 2 is 2.00 bits per heavy atom. The maximum absolute atomic E-state index is 11.7. The Hall–Kier alpha value is -1.44. The number of carbonyl (C=O) groups is 2. The lowest BCUT2D eigenvalue weighted by atomic mass is 10.1. The first kappa shape index (κ1) is 16.6. The van der Waals surface area contributed by atoms with Crippen molar-refractivity contribution in [1.82, 2.24) is 10.6 Å². The highest BCUT2D eigenvalue weighted by Gasteiger charge is 2.09. The molecule has 0 fully saturated rings. The minimum Gasteiger partial charge on any atom is -0.481 e. The summed E-state index contributed by atoms with van der Waals surface area (Å²) in [5.74, 6) is -1.10. The van der Waals surface area contributed by atoms with Gasteiger partial charge in [-0.15, -0.1) is 0 Å². The van der Waals surface area contributed by atoms with Gasteiger partial charge in [0.1, 0.15) is 6.61 Å². The number of aliphatic carboxylic acids is 1. The van der Waals surface area contributed by atoms with Crippen LogP contribution in [0, 0.1) is 5.92 Å². The van der Waals surface area contributed by atoms with Gasteiger partial charge < -0.3 is 20.5 Å². The number of amides is 2. The first-order valence-corrected chi connectivity index (χ1v) is 5.51. The van der Waals surface area contributed by atoms with E-state index in [0.717, 1.165) is 0 Å². The van der Waals surface area contributed by atoms with E-state index in [9.17, 15) is 18.4 Å². The van der Waals surface area contributed by atoms with Gasteiger partial charge in [-0.3, -0.25) is 4.79 Å². The first-order valence-electron chi connectivity index (χ1n) is 5.51. The largest absolute Gasteiger partial charge is 0.481 e. The molecule has 0 saturated carbocycles. The van der Waals surface area contributed by atoms with Gasteiger partial charge in [-0.2, -0.15) is 0 Å². The van der Waals surface area contributed by atoms with Crippen LogP contribution in [0.2, 0.25) is 0 Å². The molecule has 8 heteroatoms. The molecule has 0 bridgehead atoms. The fraction of sp³-hybridized carbons (Fsp3) is 0.800. The summed E-state index contributed by atoms with van der Waals surface area (Å²) in [6.07, 6.45) is -2.55. The van der Waals surface area contributed by atoms with Crippen LogP contribution in [-0.2, 0) is 9.53 Å². The smallest absolute Gasteiger partial charge is 0.314 e. The van der Waals surface area contributed by atoms with E-state index in [1.165, 1.54) is 0 Å². The molecule has 2 amide bonds. The molecule has 0 aliphatic carbocycles. The average Bonchev–Trinajstić information content (AvgIpc) is 2.24. The van der Waals surface area contributed by atoms with Crippen LogP contribution in [0.15, 0.2) is 0 Å². The summed E-state index contributed by atoms with van der Waals surface area (Å²) in [5, 5.41) is 13.4. The summed E-state index contributed by atoms with van der Waals surface area (Å²) < 4.78 is 27.9. The number of ether oxygens (including phenoxy) is 1. The molecule has 1 unspecified atom stereocenters. The van der Waals surface area contributed by atoms with Crippen molar-refractivity contribution < 1.29 is 28.2 Å². The molecule has 0 heterocycles. The maximum Gasteiger partial charge on any atom is 0.314 e. The van der Waals surface area contributed by atoms with Gasteiger partial charge in [0.05, 0.1) is 6.61 Å². The molecule has 0 aliphatic rings. The van der Waals surface area contributed by atoms with Crippen LogP contribution >= 0.6 is 0 Å². The van der Waals surface area contributed by atoms with Crippen molar-refractivity contribution in [2.24, 2.45) is 5.92 Å². The number of nitrogens with one attached hydrogen (secondary N) is 2. The molecule has 0 saturated heterocycles. The maximum atomic E-state index is 11.7. The predicted molar refractivity (Wildman–Crippen MR) is 59.6 cm³/mol. The van der Waals surface area contributed by atoms with Crippen molar-refractivity contribution in [3.63, 3.8) is 0 Å². The van der Waals surface area contributed by atoms with Crippen molar-refractivity contribution in [3.8, 4) is 0 Å². The Balaban J connectivity index is 3.45. The van der Waals surface area contributed by atoms with Crippen molar-refractivity contribution in [3.05, 3.63) is 0 Å². The van der Waals surface area contributed by atoms with E-state index in [1.54, 1.807) is 6.92 Å². The normalized spacial score (nSPS) is 12.2. The second kappa shape index (κ2) is 9.58. The Morgan fingerprint density at radius 3 is 2.56 bits per heavy atom. The minimum atomic E-state index is -2.52. The third-order valence-electron chi connectivity index (χ3n) is 1.91. The Bertz CT molecular complexity index is 264. The molecule has 106 valence electrons. The zero-order chi connectivity index (χ0) is 14.0. The summed E-state index contributed by atoms with van der Waals surface area (Å²) in [7, 11) is 0. The van der Waals surface area contributed by atoms with Crippen LogP contribution in [0.1, 0.15) is 13.3 Å². The third kappa shape index (κ3) is 11.1. The number of rotatable bonds is 9. The number of urea groups is 1. The minimum absolute atomic E-state index is 0.00242. The Labute approximate surface area is 104 Å². The number of alkyl halides is 2. The van der Waals surface area contributed by atoms with Gasteiger partial charge in [0.25, 0.3) is 6.43 Å². The van der Waals surface area contributed by atoms with Crippen LogP contribution < -0.4 is 10.6 Å². The monoisotopic (exact) mass is 268 g/mol. The van der Waals surface area contributed by atoms with Crippen LogP contribution in [0.25, 0.3) is 0 Å². The van der Waals surface area contributed by atoms with Crippen molar-refractivity contribution in [1.29, 1.82) is 0 Å². The first-order chi connectivity index (χ1) is 8.41. The van der Waals surface area contributed by atoms with Gasteiger partial charge in [-0.1, -0.05) is 6.92 Å². The summed E-state index contributed by atoms with van der Waals surface area (Å²) in [6, 6.07) is -0.479. The second-order valence-electron chi connectivity index (χ2n) is 3.81. The summed E-state index contributed by atoms with van der Waals surface area (Å²) in [4.78, 5) is 21.5. The molecular formula is C10H18F2N2O4. The predicted octanol–water partition coefficient (Wildman–Crippen LogP) is 0.678. The molecule has 1 atom stereocenters. The van der Waals surface area contributed by atoms with E-state index in [1.807, 2.05) is 0 Å². The molecule has 0 aromatic rings. The fourth-order valence-corrected chi connectivity index (χ4v) is 1.11. The quantitative estimate of drug-likeness (QED) is 0.536. The molecule has 0 spiro atoms.